The van der Waals surface area contributed by atoms with E-state index in [-0.39, 0.29) is 12.5 Å². The molecular weight excluding hydrogens is 298 g/mol. The van der Waals surface area contributed by atoms with E-state index < -0.39 is 5.97 Å². The molecule has 1 rings (SSSR count). The second-order valence-corrected chi connectivity index (χ2v) is 5.06. The van der Waals surface area contributed by atoms with Gasteiger partial charge < -0.3 is 19.5 Å². The molecule has 0 aliphatic carbocycles. The molecule has 0 aliphatic heterocycles. The fourth-order valence-electron chi connectivity index (χ4n) is 1.91. The SMILES string of the molecule is COC(=O)CNC(=O)CCCCCOCc1ccc(OC)cc1. The zero-order valence-corrected chi connectivity index (χ0v) is 13.8. The van der Waals surface area contributed by atoms with Crippen LogP contribution in [0.5, 0.6) is 5.75 Å². The molecule has 0 radical (unpaired) electrons. The Balaban J connectivity index is 1.98. The van der Waals surface area contributed by atoms with Gasteiger partial charge in [-0.1, -0.05) is 18.6 Å². The number of benzene rings is 1. The van der Waals surface area contributed by atoms with E-state index in [0.29, 0.717) is 19.6 Å². The maximum absolute atomic E-state index is 11.4. The van der Waals surface area contributed by atoms with Crippen LogP contribution in [0.15, 0.2) is 24.3 Å². The highest BCUT2D eigenvalue weighted by molar-refractivity contribution is 5.81. The molecule has 0 bridgehead atoms. The molecule has 1 N–H and O–H groups in total. The average Bonchev–Trinajstić information content (AvgIpc) is 2.59. The molecule has 0 atom stereocenters. The molecule has 1 aromatic rings. The van der Waals surface area contributed by atoms with E-state index in [9.17, 15) is 9.59 Å². The quantitative estimate of drug-likeness (QED) is 0.498. The maximum atomic E-state index is 11.4. The molecule has 0 saturated heterocycles. The number of carbonyl (C=O) groups excluding carboxylic acids is 2. The van der Waals surface area contributed by atoms with Gasteiger partial charge in [-0.2, -0.15) is 0 Å². The summed E-state index contributed by atoms with van der Waals surface area (Å²) < 4.78 is 15.1. The summed E-state index contributed by atoms with van der Waals surface area (Å²) in [6, 6.07) is 7.77. The summed E-state index contributed by atoms with van der Waals surface area (Å²) in [7, 11) is 2.93. The molecule has 0 spiro atoms. The van der Waals surface area contributed by atoms with Crippen molar-refractivity contribution in [2.45, 2.75) is 32.3 Å². The van der Waals surface area contributed by atoms with Crippen molar-refractivity contribution in [1.82, 2.24) is 5.32 Å². The molecule has 6 heteroatoms. The fourth-order valence-corrected chi connectivity index (χ4v) is 1.91. The van der Waals surface area contributed by atoms with Crippen LogP contribution in [0.25, 0.3) is 0 Å². The Morgan fingerprint density at radius 2 is 1.78 bits per heavy atom. The minimum atomic E-state index is -0.440. The van der Waals surface area contributed by atoms with Gasteiger partial charge in [0, 0.05) is 13.0 Å². The second kappa shape index (κ2) is 11.5. The lowest BCUT2D eigenvalue weighted by atomic mass is 10.2. The smallest absolute Gasteiger partial charge is 0.325 e. The molecule has 1 amide bonds. The summed E-state index contributed by atoms with van der Waals surface area (Å²) in [5.74, 6) is 0.263. The minimum Gasteiger partial charge on any atom is -0.497 e. The number of unbranched alkanes of at least 4 members (excludes halogenated alkanes) is 2. The summed E-state index contributed by atoms with van der Waals surface area (Å²) in [5, 5.41) is 2.51. The molecule has 0 heterocycles. The topological polar surface area (TPSA) is 73.9 Å². The van der Waals surface area contributed by atoms with Crippen molar-refractivity contribution in [3.05, 3.63) is 29.8 Å². The lowest BCUT2D eigenvalue weighted by molar-refractivity contribution is -0.141. The highest BCUT2D eigenvalue weighted by Gasteiger charge is 2.04. The van der Waals surface area contributed by atoms with E-state index in [1.54, 1.807) is 7.11 Å². The Bertz CT molecular complexity index is 472. The molecule has 0 aromatic heterocycles. The molecule has 0 fully saturated rings. The van der Waals surface area contributed by atoms with Crippen molar-refractivity contribution >= 4 is 11.9 Å². The number of carbonyl (C=O) groups is 2. The van der Waals surface area contributed by atoms with Crippen LogP contribution >= 0.6 is 0 Å². The number of methoxy groups -OCH3 is 2. The van der Waals surface area contributed by atoms with Crippen molar-refractivity contribution in [3.63, 3.8) is 0 Å². The Morgan fingerprint density at radius 3 is 2.43 bits per heavy atom. The second-order valence-electron chi connectivity index (χ2n) is 5.06. The van der Waals surface area contributed by atoms with E-state index in [1.807, 2.05) is 24.3 Å². The standard InChI is InChI=1S/C17H25NO5/c1-21-15-9-7-14(8-10-15)13-23-11-5-3-4-6-16(19)18-12-17(20)22-2/h7-10H,3-6,11-13H2,1-2H3,(H,18,19). The van der Waals surface area contributed by atoms with Gasteiger partial charge in [0.1, 0.15) is 12.3 Å². The van der Waals surface area contributed by atoms with Gasteiger partial charge >= 0.3 is 5.97 Å². The Kier molecular flexibility index (Phi) is 9.47. The number of nitrogens with one attached hydrogen (secondary N) is 1. The van der Waals surface area contributed by atoms with Crippen LogP contribution in [-0.4, -0.2) is 39.2 Å². The summed E-state index contributed by atoms with van der Waals surface area (Å²) in [4.78, 5) is 22.3. The maximum Gasteiger partial charge on any atom is 0.325 e. The van der Waals surface area contributed by atoms with Gasteiger partial charge in [-0.25, -0.2) is 0 Å². The molecule has 23 heavy (non-hydrogen) atoms. The first-order valence-electron chi connectivity index (χ1n) is 7.70. The van der Waals surface area contributed by atoms with Gasteiger partial charge in [-0.15, -0.1) is 0 Å². The van der Waals surface area contributed by atoms with Gasteiger partial charge in [0.2, 0.25) is 5.91 Å². The van der Waals surface area contributed by atoms with Crippen LogP contribution in [0, 0.1) is 0 Å². The first-order valence-corrected chi connectivity index (χ1v) is 7.70. The lowest BCUT2D eigenvalue weighted by Crippen LogP contribution is -2.29. The number of hydrogen-bond donors (Lipinski definition) is 1. The van der Waals surface area contributed by atoms with Gasteiger partial charge in [-0.3, -0.25) is 9.59 Å². The normalized spacial score (nSPS) is 10.2. The van der Waals surface area contributed by atoms with Crippen LogP contribution in [0.1, 0.15) is 31.2 Å². The third kappa shape index (κ3) is 8.83. The third-order valence-electron chi connectivity index (χ3n) is 3.28. The largest absolute Gasteiger partial charge is 0.497 e. The summed E-state index contributed by atoms with van der Waals surface area (Å²) in [6.07, 6.45) is 3.00. The van der Waals surface area contributed by atoms with Crippen molar-refractivity contribution in [1.29, 1.82) is 0 Å². The van der Waals surface area contributed by atoms with Crippen molar-refractivity contribution in [3.8, 4) is 5.75 Å². The average molecular weight is 323 g/mol. The summed E-state index contributed by atoms with van der Waals surface area (Å²) in [5.41, 5.74) is 1.10. The Morgan fingerprint density at radius 1 is 1.04 bits per heavy atom. The summed E-state index contributed by atoms with van der Waals surface area (Å²) >= 11 is 0. The van der Waals surface area contributed by atoms with Crippen molar-refractivity contribution in [2.75, 3.05) is 27.4 Å². The number of esters is 1. The van der Waals surface area contributed by atoms with Crippen molar-refractivity contribution < 1.29 is 23.8 Å². The van der Waals surface area contributed by atoms with Crippen LogP contribution in [0.2, 0.25) is 0 Å². The van der Waals surface area contributed by atoms with Gasteiger partial charge in [0.25, 0.3) is 0 Å². The van der Waals surface area contributed by atoms with E-state index >= 15 is 0 Å². The summed E-state index contributed by atoms with van der Waals surface area (Å²) in [6.45, 7) is 1.17. The van der Waals surface area contributed by atoms with E-state index in [4.69, 9.17) is 9.47 Å². The molecule has 128 valence electrons. The molecule has 6 nitrogen and oxygen atoms in total. The zero-order valence-electron chi connectivity index (χ0n) is 13.8. The molecule has 1 aromatic carbocycles. The number of rotatable bonds is 11. The van der Waals surface area contributed by atoms with Crippen LogP contribution in [0.3, 0.4) is 0 Å². The Hall–Kier alpha value is -2.08. The Labute approximate surface area is 137 Å². The zero-order chi connectivity index (χ0) is 16.9. The van der Waals surface area contributed by atoms with E-state index in [0.717, 1.165) is 30.6 Å². The number of ether oxygens (including phenoxy) is 3. The first kappa shape index (κ1) is 19.0. The minimum absolute atomic E-state index is 0.0691. The van der Waals surface area contributed by atoms with Crippen LogP contribution in [-0.2, 0) is 25.7 Å². The third-order valence-corrected chi connectivity index (χ3v) is 3.28. The lowest BCUT2D eigenvalue weighted by Gasteiger charge is -2.06. The van der Waals surface area contributed by atoms with Crippen molar-refractivity contribution in [2.24, 2.45) is 0 Å². The predicted molar refractivity (Wildman–Crippen MR) is 86.1 cm³/mol. The van der Waals surface area contributed by atoms with Crippen LogP contribution < -0.4 is 10.1 Å². The number of hydrogen-bond acceptors (Lipinski definition) is 5. The van der Waals surface area contributed by atoms with E-state index in [1.165, 1.54) is 7.11 Å². The molecular formula is C17H25NO5. The van der Waals surface area contributed by atoms with Gasteiger partial charge in [-0.05, 0) is 30.5 Å². The first-order chi connectivity index (χ1) is 11.2. The molecule has 0 saturated carbocycles. The predicted octanol–water partition coefficient (Wildman–Crippen LogP) is 2.06. The monoisotopic (exact) mass is 323 g/mol. The van der Waals surface area contributed by atoms with E-state index in [2.05, 4.69) is 10.1 Å². The highest BCUT2D eigenvalue weighted by atomic mass is 16.5. The van der Waals surface area contributed by atoms with Gasteiger partial charge in [0.15, 0.2) is 0 Å². The molecule has 0 aliphatic rings. The molecule has 0 unspecified atom stereocenters. The van der Waals surface area contributed by atoms with Gasteiger partial charge in [0.05, 0.1) is 20.8 Å². The highest BCUT2D eigenvalue weighted by Crippen LogP contribution is 2.12. The van der Waals surface area contributed by atoms with Crippen LogP contribution in [0.4, 0.5) is 0 Å². The number of amides is 1. The fraction of sp³-hybridized carbons (Fsp3) is 0.529.